The molecule has 1 heterocycles. The van der Waals surface area contributed by atoms with Crippen LogP contribution < -0.4 is 10.1 Å². The number of nitrogens with zero attached hydrogens (tertiary/aromatic N) is 1. The molecule has 0 atom stereocenters. The number of ether oxygens (including phenoxy) is 2. The third kappa shape index (κ3) is 5.50. The van der Waals surface area contributed by atoms with E-state index in [-0.39, 0.29) is 32.7 Å². The minimum absolute atomic E-state index is 0.0265. The molecule has 0 spiro atoms. The van der Waals surface area contributed by atoms with Gasteiger partial charge in [-0.05, 0) is 49.2 Å². The highest BCUT2D eigenvalue weighted by Crippen LogP contribution is 2.30. The molecule has 0 radical (unpaired) electrons. The second kappa shape index (κ2) is 10.2. The van der Waals surface area contributed by atoms with Crippen LogP contribution in [-0.4, -0.2) is 56.5 Å². The van der Waals surface area contributed by atoms with Crippen LogP contribution in [0.5, 0.6) is 11.5 Å². The van der Waals surface area contributed by atoms with Crippen LogP contribution in [0.1, 0.15) is 29.6 Å². The van der Waals surface area contributed by atoms with E-state index in [4.69, 9.17) is 21.1 Å². The maximum atomic E-state index is 12.9. The van der Waals surface area contributed by atoms with Crippen LogP contribution in [0.4, 0.5) is 5.69 Å². The molecular weight excluding hydrogens is 460 g/mol. The Bertz CT molecular complexity index is 1120. The maximum Gasteiger partial charge on any atom is 0.342 e. The van der Waals surface area contributed by atoms with E-state index in [1.54, 1.807) is 0 Å². The summed E-state index contributed by atoms with van der Waals surface area (Å²) in [5.74, 6) is -1.75. The zero-order valence-electron chi connectivity index (χ0n) is 17.3. The zero-order chi connectivity index (χ0) is 23.3. The van der Waals surface area contributed by atoms with Gasteiger partial charge in [0, 0.05) is 18.1 Å². The number of carbonyl (C=O) groups excluding carboxylic acids is 2. The van der Waals surface area contributed by atoms with Crippen LogP contribution in [0.15, 0.2) is 41.3 Å². The van der Waals surface area contributed by atoms with E-state index in [1.807, 2.05) is 0 Å². The fourth-order valence-corrected chi connectivity index (χ4v) is 4.98. The second-order valence-corrected chi connectivity index (χ2v) is 9.49. The maximum absolute atomic E-state index is 12.9. The molecule has 2 aromatic carbocycles. The molecule has 0 aromatic heterocycles. The van der Waals surface area contributed by atoms with Gasteiger partial charge in [0.25, 0.3) is 5.91 Å². The first-order valence-electron chi connectivity index (χ1n) is 9.86. The molecule has 1 aliphatic heterocycles. The van der Waals surface area contributed by atoms with Gasteiger partial charge in [0.05, 0.1) is 17.7 Å². The van der Waals surface area contributed by atoms with Crippen LogP contribution in [0.25, 0.3) is 0 Å². The molecule has 1 aliphatic rings. The van der Waals surface area contributed by atoms with Gasteiger partial charge < -0.3 is 19.9 Å². The number of nitrogens with one attached hydrogen (secondary N) is 1. The van der Waals surface area contributed by atoms with Gasteiger partial charge in [0.15, 0.2) is 6.61 Å². The number of piperidine rings is 1. The number of hydrogen-bond donors (Lipinski definition) is 2. The summed E-state index contributed by atoms with van der Waals surface area (Å²) in [7, 11) is -2.33. The lowest BCUT2D eigenvalue weighted by Crippen LogP contribution is -2.35. The van der Waals surface area contributed by atoms with Crippen LogP contribution in [-0.2, 0) is 19.6 Å². The number of hydrogen-bond acceptors (Lipinski definition) is 7. The Morgan fingerprint density at radius 3 is 2.50 bits per heavy atom. The summed E-state index contributed by atoms with van der Waals surface area (Å²) < 4.78 is 37.4. The third-order valence-corrected chi connectivity index (χ3v) is 7.04. The molecule has 1 amide bonds. The minimum Gasteiger partial charge on any atom is -0.507 e. The first kappa shape index (κ1) is 23.8. The van der Waals surface area contributed by atoms with Crippen molar-refractivity contribution in [3.8, 4) is 11.5 Å². The van der Waals surface area contributed by atoms with E-state index in [1.165, 1.54) is 47.8 Å². The highest BCUT2D eigenvalue weighted by atomic mass is 35.5. The molecule has 2 N–H and O–H groups in total. The first-order valence-corrected chi connectivity index (χ1v) is 11.7. The smallest absolute Gasteiger partial charge is 0.342 e. The predicted molar refractivity (Wildman–Crippen MR) is 118 cm³/mol. The van der Waals surface area contributed by atoms with E-state index < -0.39 is 28.5 Å². The lowest BCUT2D eigenvalue weighted by Gasteiger charge is -2.26. The molecule has 0 unspecified atom stereocenters. The summed E-state index contributed by atoms with van der Waals surface area (Å²) in [6.07, 6.45) is 2.59. The Balaban J connectivity index is 1.71. The normalized spacial score (nSPS) is 14.6. The quantitative estimate of drug-likeness (QED) is 0.581. The lowest BCUT2D eigenvalue weighted by atomic mass is 10.2. The fourth-order valence-electron chi connectivity index (χ4n) is 3.27. The molecule has 9 nitrogen and oxygen atoms in total. The molecule has 3 rings (SSSR count). The van der Waals surface area contributed by atoms with Crippen LogP contribution >= 0.6 is 11.6 Å². The van der Waals surface area contributed by atoms with E-state index in [2.05, 4.69) is 5.32 Å². The minimum atomic E-state index is -3.71. The van der Waals surface area contributed by atoms with E-state index in [0.717, 1.165) is 19.3 Å². The summed E-state index contributed by atoms with van der Waals surface area (Å²) >= 11 is 5.73. The van der Waals surface area contributed by atoms with Crippen molar-refractivity contribution < 1.29 is 32.6 Å². The first-order chi connectivity index (χ1) is 15.2. The summed E-state index contributed by atoms with van der Waals surface area (Å²) in [6, 6.07) is 8.03. The van der Waals surface area contributed by atoms with Crippen molar-refractivity contribution in [2.24, 2.45) is 0 Å². The molecule has 2 aromatic rings. The SMILES string of the molecule is COc1ccc(S(=O)(=O)N2CCCCC2)cc1NC(=O)COC(=O)c1ccc(Cl)cc1O. The van der Waals surface area contributed by atoms with Crippen molar-refractivity contribution in [2.75, 3.05) is 32.1 Å². The molecule has 0 aliphatic carbocycles. The highest BCUT2D eigenvalue weighted by molar-refractivity contribution is 7.89. The van der Waals surface area contributed by atoms with Gasteiger partial charge in [0.1, 0.15) is 17.1 Å². The third-order valence-electron chi connectivity index (χ3n) is 4.91. The largest absolute Gasteiger partial charge is 0.507 e. The van der Waals surface area contributed by atoms with Gasteiger partial charge in [-0.2, -0.15) is 4.31 Å². The van der Waals surface area contributed by atoms with Gasteiger partial charge in [-0.25, -0.2) is 13.2 Å². The highest BCUT2D eigenvalue weighted by Gasteiger charge is 2.27. The zero-order valence-corrected chi connectivity index (χ0v) is 18.9. The summed E-state index contributed by atoms with van der Waals surface area (Å²) in [5, 5.41) is 12.5. The number of anilines is 1. The lowest BCUT2D eigenvalue weighted by molar-refractivity contribution is -0.119. The Morgan fingerprint density at radius 2 is 1.84 bits per heavy atom. The standard InChI is InChI=1S/C21H23ClN2O7S/c1-30-19-8-6-15(32(28,29)24-9-3-2-4-10-24)12-17(19)23-20(26)13-31-21(27)16-7-5-14(22)11-18(16)25/h5-8,11-12,25H,2-4,9-10,13H2,1H3,(H,23,26). The van der Waals surface area contributed by atoms with Crippen LogP contribution in [0, 0.1) is 0 Å². The number of phenolic OH excluding ortho intramolecular Hbond substituents is 1. The van der Waals surface area contributed by atoms with E-state index >= 15 is 0 Å². The van der Waals surface area contributed by atoms with Gasteiger partial charge in [-0.15, -0.1) is 0 Å². The Labute approximate surface area is 190 Å². The summed E-state index contributed by atoms with van der Waals surface area (Å²) in [4.78, 5) is 24.5. The average Bonchev–Trinajstić information content (AvgIpc) is 2.78. The van der Waals surface area contributed by atoms with Crippen molar-refractivity contribution in [3.05, 3.63) is 47.0 Å². The van der Waals surface area contributed by atoms with Crippen LogP contribution in [0.3, 0.4) is 0 Å². The number of carbonyl (C=O) groups is 2. The molecule has 32 heavy (non-hydrogen) atoms. The van der Waals surface area contributed by atoms with Crippen molar-refractivity contribution >= 4 is 39.2 Å². The molecule has 0 bridgehead atoms. The predicted octanol–water partition coefficient (Wildman–Crippen LogP) is 3.02. The van der Waals surface area contributed by atoms with E-state index in [0.29, 0.717) is 13.1 Å². The Kier molecular flexibility index (Phi) is 7.60. The van der Waals surface area contributed by atoms with Crippen molar-refractivity contribution in [1.82, 2.24) is 4.31 Å². The van der Waals surface area contributed by atoms with Crippen molar-refractivity contribution in [3.63, 3.8) is 0 Å². The summed E-state index contributed by atoms with van der Waals surface area (Å²) in [5.41, 5.74) is -0.0182. The molecule has 11 heteroatoms. The Hall–Kier alpha value is -2.82. The number of aromatic hydroxyl groups is 1. The number of amides is 1. The number of rotatable bonds is 7. The monoisotopic (exact) mass is 482 g/mol. The number of phenols is 1. The van der Waals surface area contributed by atoms with Gasteiger partial charge >= 0.3 is 5.97 Å². The number of sulfonamides is 1. The molecular formula is C21H23ClN2O7S. The van der Waals surface area contributed by atoms with Gasteiger partial charge in [-0.3, -0.25) is 4.79 Å². The van der Waals surface area contributed by atoms with Gasteiger partial charge in [0.2, 0.25) is 10.0 Å². The number of esters is 1. The number of halogens is 1. The Morgan fingerprint density at radius 1 is 1.12 bits per heavy atom. The van der Waals surface area contributed by atoms with Gasteiger partial charge in [-0.1, -0.05) is 18.0 Å². The molecule has 1 fully saturated rings. The summed E-state index contributed by atoms with van der Waals surface area (Å²) in [6.45, 7) is 0.236. The second-order valence-electron chi connectivity index (χ2n) is 7.11. The topological polar surface area (TPSA) is 122 Å². The van der Waals surface area contributed by atoms with Crippen molar-refractivity contribution in [2.45, 2.75) is 24.2 Å². The average molecular weight is 483 g/mol. The number of benzene rings is 2. The molecule has 172 valence electrons. The number of methoxy groups -OCH3 is 1. The fraction of sp³-hybridized carbons (Fsp3) is 0.333. The van der Waals surface area contributed by atoms with E-state index in [9.17, 15) is 23.1 Å². The molecule has 0 saturated carbocycles. The van der Waals surface area contributed by atoms with Crippen LogP contribution in [0.2, 0.25) is 5.02 Å². The molecule has 1 saturated heterocycles. The van der Waals surface area contributed by atoms with Crippen molar-refractivity contribution in [1.29, 1.82) is 0 Å².